The first-order valence-corrected chi connectivity index (χ1v) is 5.30. The van der Waals surface area contributed by atoms with E-state index in [2.05, 4.69) is 15.1 Å². The van der Waals surface area contributed by atoms with Crippen LogP contribution in [0.3, 0.4) is 0 Å². The van der Waals surface area contributed by atoms with E-state index in [0.29, 0.717) is 16.9 Å². The largest absolute Gasteiger partial charge is 0.336 e. The summed E-state index contributed by atoms with van der Waals surface area (Å²) in [5.74, 6) is 0.270. The molecule has 0 saturated heterocycles. The molecule has 0 aliphatic carbocycles. The number of aromatic nitrogens is 4. The van der Waals surface area contributed by atoms with Gasteiger partial charge in [-0.2, -0.15) is 5.10 Å². The highest BCUT2D eigenvalue weighted by Gasteiger charge is 2.11. The molecule has 1 N–H and O–H groups in total. The van der Waals surface area contributed by atoms with E-state index in [0.717, 1.165) is 11.4 Å². The fourth-order valence-electron chi connectivity index (χ4n) is 1.79. The summed E-state index contributed by atoms with van der Waals surface area (Å²) in [7, 11) is 1.86. The summed E-state index contributed by atoms with van der Waals surface area (Å²) in [5, 5.41) is 4.31. The predicted octanol–water partition coefficient (Wildman–Crippen LogP) is 2.41. The van der Waals surface area contributed by atoms with Gasteiger partial charge < -0.3 is 4.98 Å². The molecule has 4 nitrogen and oxygen atoms in total. The van der Waals surface area contributed by atoms with Crippen molar-refractivity contribution in [3.63, 3.8) is 0 Å². The lowest BCUT2D eigenvalue weighted by molar-refractivity contribution is 0.637. The SMILES string of the molecule is Cc1cc(-c2nc3c(F)cccc3[nH]2)nn1C. The van der Waals surface area contributed by atoms with E-state index >= 15 is 0 Å². The second-order valence-electron chi connectivity index (χ2n) is 4.02. The summed E-state index contributed by atoms with van der Waals surface area (Å²) < 4.78 is 15.3. The second-order valence-corrected chi connectivity index (χ2v) is 4.02. The number of nitrogens with zero attached hydrogens (tertiary/aromatic N) is 3. The molecule has 5 heteroatoms. The van der Waals surface area contributed by atoms with E-state index in [1.165, 1.54) is 6.07 Å². The molecule has 0 radical (unpaired) electrons. The van der Waals surface area contributed by atoms with Crippen LogP contribution in [-0.2, 0) is 7.05 Å². The molecule has 2 heterocycles. The first-order valence-electron chi connectivity index (χ1n) is 5.30. The number of H-pyrrole nitrogens is 1. The van der Waals surface area contributed by atoms with Gasteiger partial charge in [-0.05, 0) is 25.1 Å². The van der Waals surface area contributed by atoms with Gasteiger partial charge in [0.1, 0.15) is 11.2 Å². The quantitative estimate of drug-likeness (QED) is 0.697. The van der Waals surface area contributed by atoms with Gasteiger partial charge in [-0.1, -0.05) is 6.07 Å². The van der Waals surface area contributed by atoms with Crippen LogP contribution in [0.2, 0.25) is 0 Å². The molecule has 0 spiro atoms. The molecule has 2 aromatic heterocycles. The van der Waals surface area contributed by atoms with Gasteiger partial charge in [0, 0.05) is 12.7 Å². The highest BCUT2D eigenvalue weighted by molar-refractivity contribution is 5.79. The number of nitrogens with one attached hydrogen (secondary N) is 1. The Morgan fingerprint density at radius 1 is 1.35 bits per heavy atom. The lowest BCUT2D eigenvalue weighted by atomic mass is 10.3. The predicted molar refractivity (Wildman–Crippen MR) is 63.0 cm³/mol. The van der Waals surface area contributed by atoms with Gasteiger partial charge in [-0.3, -0.25) is 4.68 Å². The van der Waals surface area contributed by atoms with E-state index < -0.39 is 0 Å². The third-order valence-electron chi connectivity index (χ3n) is 2.82. The average Bonchev–Trinajstić information content (AvgIpc) is 2.85. The van der Waals surface area contributed by atoms with Crippen molar-refractivity contribution in [1.82, 2.24) is 19.7 Å². The number of imidazole rings is 1. The standard InChI is InChI=1S/C12H11FN4/c1-7-6-10(16-17(7)2)12-14-9-5-3-4-8(13)11(9)15-12/h3-6H,1-2H3,(H,14,15). The van der Waals surface area contributed by atoms with Crippen molar-refractivity contribution in [1.29, 1.82) is 0 Å². The Balaban J connectivity index is 2.21. The molecule has 0 fully saturated rings. The zero-order valence-electron chi connectivity index (χ0n) is 9.53. The summed E-state index contributed by atoms with van der Waals surface area (Å²) in [4.78, 5) is 7.30. The molecule has 17 heavy (non-hydrogen) atoms. The van der Waals surface area contributed by atoms with E-state index in [1.54, 1.807) is 16.8 Å². The van der Waals surface area contributed by atoms with Crippen LogP contribution in [0.25, 0.3) is 22.6 Å². The van der Waals surface area contributed by atoms with Crippen LogP contribution in [0.5, 0.6) is 0 Å². The Morgan fingerprint density at radius 2 is 2.18 bits per heavy atom. The van der Waals surface area contributed by atoms with Gasteiger partial charge in [0.15, 0.2) is 11.6 Å². The highest BCUT2D eigenvalue weighted by Crippen LogP contribution is 2.21. The second kappa shape index (κ2) is 3.41. The molecule has 86 valence electrons. The van der Waals surface area contributed by atoms with Crippen molar-refractivity contribution in [2.75, 3.05) is 0 Å². The van der Waals surface area contributed by atoms with Crippen LogP contribution in [0, 0.1) is 12.7 Å². The Morgan fingerprint density at radius 3 is 2.82 bits per heavy atom. The summed E-state index contributed by atoms with van der Waals surface area (Å²) in [6.45, 7) is 1.96. The van der Waals surface area contributed by atoms with Crippen molar-refractivity contribution in [2.24, 2.45) is 7.05 Å². The minimum absolute atomic E-state index is 0.322. The Kier molecular flexibility index (Phi) is 2.01. The molecule has 0 atom stereocenters. The number of aryl methyl sites for hydroxylation is 2. The van der Waals surface area contributed by atoms with Crippen LogP contribution >= 0.6 is 0 Å². The van der Waals surface area contributed by atoms with Crippen LogP contribution in [0.4, 0.5) is 4.39 Å². The number of halogens is 1. The number of hydrogen-bond acceptors (Lipinski definition) is 2. The summed E-state index contributed by atoms with van der Waals surface area (Å²) in [6.07, 6.45) is 0. The number of benzene rings is 1. The maximum atomic E-state index is 13.5. The number of rotatable bonds is 1. The van der Waals surface area contributed by atoms with Crippen molar-refractivity contribution in [2.45, 2.75) is 6.92 Å². The van der Waals surface area contributed by atoms with E-state index in [-0.39, 0.29) is 5.82 Å². The average molecular weight is 230 g/mol. The number of fused-ring (bicyclic) bond motifs is 1. The molecule has 3 aromatic rings. The van der Waals surface area contributed by atoms with Gasteiger partial charge >= 0.3 is 0 Å². The van der Waals surface area contributed by atoms with Crippen LogP contribution in [0.1, 0.15) is 5.69 Å². The number of hydrogen-bond donors (Lipinski definition) is 1. The molecule has 0 unspecified atom stereocenters. The molecule has 0 saturated carbocycles. The molecule has 0 aliphatic heterocycles. The van der Waals surface area contributed by atoms with Gasteiger partial charge in [0.05, 0.1) is 5.52 Å². The van der Waals surface area contributed by atoms with Gasteiger partial charge in [-0.15, -0.1) is 0 Å². The fourth-order valence-corrected chi connectivity index (χ4v) is 1.79. The van der Waals surface area contributed by atoms with E-state index in [1.807, 2.05) is 20.0 Å². The van der Waals surface area contributed by atoms with Crippen molar-refractivity contribution in [3.8, 4) is 11.5 Å². The van der Waals surface area contributed by atoms with Gasteiger partial charge in [0.2, 0.25) is 0 Å². The molecule has 0 amide bonds. The third kappa shape index (κ3) is 1.51. The Hall–Kier alpha value is -2.17. The number of para-hydroxylation sites is 1. The number of aromatic amines is 1. The van der Waals surface area contributed by atoms with E-state index in [9.17, 15) is 4.39 Å². The maximum absolute atomic E-state index is 13.5. The first kappa shape index (κ1) is 10.0. The summed E-state index contributed by atoms with van der Waals surface area (Å²) in [6, 6.07) is 6.76. The van der Waals surface area contributed by atoms with Crippen molar-refractivity contribution in [3.05, 3.63) is 35.8 Å². The lowest BCUT2D eigenvalue weighted by Gasteiger charge is -1.89. The van der Waals surface area contributed by atoms with Crippen LogP contribution in [0.15, 0.2) is 24.3 Å². The minimum atomic E-state index is -0.322. The fraction of sp³-hybridized carbons (Fsp3) is 0.167. The normalized spacial score (nSPS) is 11.2. The smallest absolute Gasteiger partial charge is 0.159 e. The topological polar surface area (TPSA) is 46.5 Å². The molecule has 0 aliphatic rings. The Bertz CT molecular complexity index is 676. The zero-order chi connectivity index (χ0) is 12.0. The molecule has 1 aromatic carbocycles. The monoisotopic (exact) mass is 230 g/mol. The summed E-state index contributed by atoms with van der Waals surface area (Å²) >= 11 is 0. The van der Waals surface area contributed by atoms with Gasteiger partial charge in [-0.25, -0.2) is 9.37 Å². The Labute approximate surface area is 97.1 Å². The third-order valence-corrected chi connectivity index (χ3v) is 2.82. The minimum Gasteiger partial charge on any atom is -0.336 e. The van der Waals surface area contributed by atoms with Crippen molar-refractivity contribution >= 4 is 11.0 Å². The van der Waals surface area contributed by atoms with Gasteiger partial charge in [0.25, 0.3) is 0 Å². The molecule has 3 rings (SSSR count). The summed E-state index contributed by atoms with van der Waals surface area (Å²) in [5.41, 5.74) is 2.79. The molecular formula is C12H11FN4. The highest BCUT2D eigenvalue weighted by atomic mass is 19.1. The van der Waals surface area contributed by atoms with Crippen LogP contribution < -0.4 is 0 Å². The zero-order valence-corrected chi connectivity index (χ0v) is 9.53. The maximum Gasteiger partial charge on any atom is 0.159 e. The molecule has 0 bridgehead atoms. The van der Waals surface area contributed by atoms with E-state index in [4.69, 9.17) is 0 Å². The lowest BCUT2D eigenvalue weighted by Crippen LogP contribution is -1.92. The first-order chi connectivity index (χ1) is 8.15. The molecular weight excluding hydrogens is 219 g/mol. The van der Waals surface area contributed by atoms with Crippen molar-refractivity contribution < 1.29 is 4.39 Å². The van der Waals surface area contributed by atoms with Crippen LogP contribution in [-0.4, -0.2) is 19.7 Å².